The molecule has 1 aromatic rings. The van der Waals surface area contributed by atoms with Gasteiger partial charge in [0.2, 0.25) is 6.79 Å². The molecule has 0 aliphatic carbocycles. The van der Waals surface area contributed by atoms with E-state index in [9.17, 15) is 5.11 Å². The van der Waals surface area contributed by atoms with Crippen LogP contribution in [0.4, 0.5) is 0 Å². The number of phenols is 1. The molecule has 70 valence electrons. The average Bonchev–Trinajstić information content (AvgIpc) is 2.53. The van der Waals surface area contributed by atoms with Crippen molar-refractivity contribution in [1.82, 2.24) is 0 Å². The molecule has 1 heterocycles. The summed E-state index contributed by atoms with van der Waals surface area (Å²) < 4.78 is 11.2. The summed E-state index contributed by atoms with van der Waals surface area (Å²) in [5, 5.41) is 9.59. The third kappa shape index (κ3) is 1.25. The summed E-state index contributed by atoms with van der Waals surface area (Å²) in [6, 6.07) is 1.63. The SMILES string of the molecule is CCc1c(O)cc(Br)c2c1OCO2. The first kappa shape index (κ1) is 8.69. The van der Waals surface area contributed by atoms with Crippen molar-refractivity contribution in [3.63, 3.8) is 0 Å². The van der Waals surface area contributed by atoms with E-state index in [1.807, 2.05) is 6.92 Å². The van der Waals surface area contributed by atoms with E-state index < -0.39 is 0 Å². The summed E-state index contributed by atoms with van der Waals surface area (Å²) in [5.74, 6) is 1.60. The second kappa shape index (κ2) is 3.10. The second-order valence-corrected chi connectivity index (χ2v) is 3.63. The third-order valence-corrected chi connectivity index (χ3v) is 2.62. The van der Waals surface area contributed by atoms with E-state index in [-0.39, 0.29) is 12.5 Å². The van der Waals surface area contributed by atoms with E-state index in [4.69, 9.17) is 9.47 Å². The summed E-state index contributed by atoms with van der Waals surface area (Å²) in [4.78, 5) is 0. The van der Waals surface area contributed by atoms with Crippen molar-refractivity contribution in [3.05, 3.63) is 16.1 Å². The van der Waals surface area contributed by atoms with Crippen LogP contribution in [0.2, 0.25) is 0 Å². The van der Waals surface area contributed by atoms with E-state index >= 15 is 0 Å². The molecule has 0 amide bonds. The van der Waals surface area contributed by atoms with Gasteiger partial charge in [0.05, 0.1) is 4.47 Å². The molecular weight excluding hydrogens is 236 g/mol. The Morgan fingerprint density at radius 3 is 2.85 bits per heavy atom. The lowest BCUT2D eigenvalue weighted by atomic mass is 10.1. The summed E-state index contributed by atoms with van der Waals surface area (Å²) in [5.41, 5.74) is 0.802. The van der Waals surface area contributed by atoms with Gasteiger partial charge in [0.1, 0.15) is 5.75 Å². The van der Waals surface area contributed by atoms with E-state index in [1.54, 1.807) is 6.07 Å². The zero-order valence-electron chi connectivity index (χ0n) is 7.13. The molecule has 3 nitrogen and oxygen atoms in total. The van der Waals surface area contributed by atoms with Crippen LogP contribution in [0, 0.1) is 0 Å². The normalized spacial score (nSPS) is 13.4. The standard InChI is InChI=1S/C9H9BrO3/c1-2-5-7(11)3-6(10)9-8(5)12-4-13-9/h3,11H,2,4H2,1H3. The van der Waals surface area contributed by atoms with Gasteiger partial charge in [0, 0.05) is 5.56 Å². The molecule has 1 aliphatic heterocycles. The lowest BCUT2D eigenvalue weighted by Gasteiger charge is -2.06. The molecule has 0 unspecified atom stereocenters. The van der Waals surface area contributed by atoms with Crippen LogP contribution in [0.25, 0.3) is 0 Å². The van der Waals surface area contributed by atoms with E-state index in [1.165, 1.54) is 0 Å². The first-order valence-corrected chi connectivity index (χ1v) is 4.83. The molecular formula is C9H9BrO3. The number of ether oxygens (including phenoxy) is 2. The van der Waals surface area contributed by atoms with Crippen molar-refractivity contribution >= 4 is 15.9 Å². The van der Waals surface area contributed by atoms with Crippen LogP contribution in [0.15, 0.2) is 10.5 Å². The Morgan fingerprint density at radius 2 is 2.15 bits per heavy atom. The summed E-state index contributed by atoms with van der Waals surface area (Å²) in [6.45, 7) is 2.19. The molecule has 1 N–H and O–H groups in total. The Bertz CT molecular complexity index is 349. The largest absolute Gasteiger partial charge is 0.507 e. The molecule has 0 atom stereocenters. The number of hydrogen-bond acceptors (Lipinski definition) is 3. The predicted octanol–water partition coefficient (Wildman–Crippen LogP) is 2.45. The van der Waals surface area contributed by atoms with Crippen molar-refractivity contribution in [1.29, 1.82) is 0 Å². The van der Waals surface area contributed by atoms with Gasteiger partial charge in [-0.05, 0) is 28.4 Å². The molecule has 1 aromatic carbocycles. The smallest absolute Gasteiger partial charge is 0.231 e. The highest BCUT2D eigenvalue weighted by Gasteiger charge is 2.22. The van der Waals surface area contributed by atoms with E-state index in [0.29, 0.717) is 11.5 Å². The minimum atomic E-state index is 0.227. The van der Waals surface area contributed by atoms with Crippen molar-refractivity contribution in [2.45, 2.75) is 13.3 Å². The van der Waals surface area contributed by atoms with Crippen LogP contribution in [0.5, 0.6) is 17.2 Å². The summed E-state index contributed by atoms with van der Waals surface area (Å²) >= 11 is 3.30. The van der Waals surface area contributed by atoms with Crippen LogP contribution in [-0.4, -0.2) is 11.9 Å². The van der Waals surface area contributed by atoms with Crippen LogP contribution in [-0.2, 0) is 6.42 Å². The fourth-order valence-corrected chi connectivity index (χ4v) is 1.92. The Kier molecular flexibility index (Phi) is 2.07. The molecule has 0 saturated carbocycles. The number of benzene rings is 1. The van der Waals surface area contributed by atoms with Crippen molar-refractivity contribution in [2.75, 3.05) is 6.79 Å². The minimum absolute atomic E-state index is 0.227. The number of fused-ring (bicyclic) bond motifs is 1. The lowest BCUT2D eigenvalue weighted by molar-refractivity contribution is 0.172. The highest BCUT2D eigenvalue weighted by Crippen LogP contribution is 2.45. The first-order chi connectivity index (χ1) is 6.24. The molecule has 1 aliphatic rings. The maximum Gasteiger partial charge on any atom is 0.231 e. The molecule has 0 bridgehead atoms. The quantitative estimate of drug-likeness (QED) is 0.825. The minimum Gasteiger partial charge on any atom is -0.507 e. The summed E-state index contributed by atoms with van der Waals surface area (Å²) in [6.07, 6.45) is 0.727. The Balaban J connectivity index is 2.65. The number of phenolic OH excluding ortho intramolecular Hbond substituents is 1. The number of aromatic hydroxyl groups is 1. The van der Waals surface area contributed by atoms with Gasteiger partial charge < -0.3 is 14.6 Å². The predicted molar refractivity (Wildman–Crippen MR) is 51.3 cm³/mol. The van der Waals surface area contributed by atoms with Gasteiger partial charge in [0.25, 0.3) is 0 Å². The molecule has 0 spiro atoms. The van der Waals surface area contributed by atoms with E-state index in [0.717, 1.165) is 16.5 Å². The molecule has 4 heteroatoms. The molecule has 0 radical (unpaired) electrons. The van der Waals surface area contributed by atoms with Crippen LogP contribution in [0.1, 0.15) is 12.5 Å². The number of halogens is 1. The van der Waals surface area contributed by atoms with Gasteiger partial charge in [0.15, 0.2) is 11.5 Å². The highest BCUT2D eigenvalue weighted by atomic mass is 79.9. The average molecular weight is 245 g/mol. The van der Waals surface area contributed by atoms with Gasteiger partial charge in [-0.15, -0.1) is 0 Å². The Morgan fingerprint density at radius 1 is 1.46 bits per heavy atom. The second-order valence-electron chi connectivity index (χ2n) is 2.77. The topological polar surface area (TPSA) is 38.7 Å². The Hall–Kier alpha value is -0.900. The van der Waals surface area contributed by atoms with Crippen LogP contribution < -0.4 is 9.47 Å². The van der Waals surface area contributed by atoms with Gasteiger partial charge in [-0.1, -0.05) is 6.92 Å². The van der Waals surface area contributed by atoms with Crippen LogP contribution >= 0.6 is 15.9 Å². The molecule has 0 fully saturated rings. The van der Waals surface area contributed by atoms with Crippen molar-refractivity contribution < 1.29 is 14.6 Å². The molecule has 0 aromatic heterocycles. The lowest BCUT2D eigenvalue weighted by Crippen LogP contribution is -1.94. The van der Waals surface area contributed by atoms with Crippen LogP contribution in [0.3, 0.4) is 0 Å². The molecule has 13 heavy (non-hydrogen) atoms. The zero-order valence-corrected chi connectivity index (χ0v) is 8.72. The maximum atomic E-state index is 9.59. The zero-order chi connectivity index (χ0) is 9.42. The van der Waals surface area contributed by atoms with Gasteiger partial charge in [-0.3, -0.25) is 0 Å². The highest BCUT2D eigenvalue weighted by molar-refractivity contribution is 9.10. The molecule has 0 saturated heterocycles. The number of rotatable bonds is 1. The monoisotopic (exact) mass is 244 g/mol. The summed E-state index contributed by atoms with van der Waals surface area (Å²) in [7, 11) is 0. The maximum absolute atomic E-state index is 9.59. The van der Waals surface area contributed by atoms with E-state index in [2.05, 4.69) is 15.9 Å². The van der Waals surface area contributed by atoms with Crippen molar-refractivity contribution in [2.24, 2.45) is 0 Å². The Labute approximate surface area is 84.4 Å². The molecule has 2 rings (SSSR count). The van der Waals surface area contributed by atoms with Crippen molar-refractivity contribution in [3.8, 4) is 17.2 Å². The van der Waals surface area contributed by atoms with Gasteiger partial charge in [-0.25, -0.2) is 0 Å². The third-order valence-electron chi connectivity index (χ3n) is 2.03. The number of hydrogen-bond donors (Lipinski definition) is 1. The fourth-order valence-electron chi connectivity index (χ4n) is 1.41. The van der Waals surface area contributed by atoms with Gasteiger partial charge in [-0.2, -0.15) is 0 Å². The fraction of sp³-hybridized carbons (Fsp3) is 0.333. The van der Waals surface area contributed by atoms with Gasteiger partial charge >= 0.3 is 0 Å². The first-order valence-electron chi connectivity index (χ1n) is 4.04.